The highest BCUT2D eigenvalue weighted by molar-refractivity contribution is 6.30. The molecule has 2 rings (SSSR count). The molecular weight excluding hydrogens is 304 g/mol. The van der Waals surface area contributed by atoms with E-state index in [0.717, 1.165) is 19.3 Å². The Kier molecular flexibility index (Phi) is 6.49. The van der Waals surface area contributed by atoms with Crippen LogP contribution >= 0.6 is 11.6 Å². The Labute approximate surface area is 136 Å². The van der Waals surface area contributed by atoms with Crippen LogP contribution in [0.15, 0.2) is 18.2 Å². The molecule has 1 aromatic rings. The number of methoxy groups -OCH3 is 1. The third-order valence-electron chi connectivity index (χ3n) is 3.83. The van der Waals surface area contributed by atoms with Crippen LogP contribution in [0.25, 0.3) is 0 Å². The van der Waals surface area contributed by atoms with Crippen molar-refractivity contribution in [3.05, 3.63) is 28.8 Å². The van der Waals surface area contributed by atoms with Crippen molar-refractivity contribution in [2.75, 3.05) is 33.4 Å². The van der Waals surface area contributed by atoms with Crippen LogP contribution in [0.2, 0.25) is 5.02 Å². The average molecular weight is 327 g/mol. The van der Waals surface area contributed by atoms with Crippen LogP contribution in [0.5, 0.6) is 5.75 Å². The van der Waals surface area contributed by atoms with Gasteiger partial charge in [0.05, 0.1) is 18.8 Å². The van der Waals surface area contributed by atoms with Crippen LogP contribution < -0.4 is 10.5 Å². The third-order valence-corrected chi connectivity index (χ3v) is 4.06. The molecule has 0 spiro atoms. The molecule has 0 bridgehead atoms. The third kappa shape index (κ3) is 4.35. The van der Waals surface area contributed by atoms with Gasteiger partial charge < -0.3 is 20.1 Å². The fourth-order valence-corrected chi connectivity index (χ4v) is 2.73. The minimum Gasteiger partial charge on any atom is -0.496 e. The van der Waals surface area contributed by atoms with E-state index in [4.69, 9.17) is 26.8 Å². The van der Waals surface area contributed by atoms with Crippen LogP contribution in [0, 0.1) is 0 Å². The number of ether oxygens (including phenoxy) is 2. The first-order chi connectivity index (χ1) is 10.7. The van der Waals surface area contributed by atoms with Gasteiger partial charge in [-0.1, -0.05) is 11.6 Å². The first kappa shape index (κ1) is 17.1. The van der Waals surface area contributed by atoms with Gasteiger partial charge in [-0.2, -0.15) is 0 Å². The molecule has 1 amide bonds. The molecule has 1 aromatic carbocycles. The Hall–Kier alpha value is -1.30. The molecule has 1 aliphatic heterocycles. The molecule has 1 fully saturated rings. The molecule has 1 saturated heterocycles. The maximum atomic E-state index is 12.6. The molecule has 6 heteroatoms. The van der Waals surface area contributed by atoms with E-state index in [1.807, 2.05) is 4.90 Å². The second-order valence-corrected chi connectivity index (χ2v) is 5.79. The highest BCUT2D eigenvalue weighted by Gasteiger charge is 2.25. The number of benzene rings is 1. The monoisotopic (exact) mass is 326 g/mol. The molecule has 5 nitrogen and oxygen atoms in total. The van der Waals surface area contributed by atoms with E-state index in [2.05, 4.69) is 0 Å². The van der Waals surface area contributed by atoms with Gasteiger partial charge in [0.15, 0.2) is 0 Å². The lowest BCUT2D eigenvalue weighted by molar-refractivity contribution is 0.00838. The molecule has 1 aliphatic rings. The molecule has 0 aromatic heterocycles. The lowest BCUT2D eigenvalue weighted by atomic mass is 10.1. The van der Waals surface area contributed by atoms with Crippen molar-refractivity contribution in [3.63, 3.8) is 0 Å². The number of nitrogens with two attached hydrogens (primary N) is 1. The van der Waals surface area contributed by atoms with Gasteiger partial charge in [0, 0.05) is 24.7 Å². The molecule has 0 radical (unpaired) electrons. The molecule has 1 heterocycles. The van der Waals surface area contributed by atoms with Gasteiger partial charge in [0.2, 0.25) is 0 Å². The second-order valence-electron chi connectivity index (χ2n) is 5.35. The zero-order valence-corrected chi connectivity index (χ0v) is 13.6. The van der Waals surface area contributed by atoms with Crippen molar-refractivity contribution in [1.82, 2.24) is 4.90 Å². The summed E-state index contributed by atoms with van der Waals surface area (Å²) in [4.78, 5) is 14.4. The second kappa shape index (κ2) is 8.36. The quantitative estimate of drug-likeness (QED) is 0.815. The number of rotatable bonds is 6. The molecule has 0 saturated carbocycles. The fraction of sp³-hybridized carbons (Fsp3) is 0.562. The highest BCUT2D eigenvalue weighted by atomic mass is 35.5. The van der Waals surface area contributed by atoms with Crippen molar-refractivity contribution in [1.29, 1.82) is 0 Å². The smallest absolute Gasteiger partial charge is 0.257 e. The van der Waals surface area contributed by atoms with Gasteiger partial charge in [0.1, 0.15) is 5.75 Å². The predicted octanol–water partition coefficient (Wildman–Crippen LogP) is 2.32. The summed E-state index contributed by atoms with van der Waals surface area (Å²) in [6.45, 7) is 2.73. The van der Waals surface area contributed by atoms with Gasteiger partial charge in [-0.25, -0.2) is 0 Å². The lowest BCUT2D eigenvalue weighted by Crippen LogP contribution is -2.41. The van der Waals surface area contributed by atoms with Crippen molar-refractivity contribution >= 4 is 17.5 Å². The minimum atomic E-state index is -0.0195. The molecule has 22 heavy (non-hydrogen) atoms. The van der Waals surface area contributed by atoms with Crippen LogP contribution in [-0.2, 0) is 4.74 Å². The van der Waals surface area contributed by atoms with Crippen molar-refractivity contribution in [2.24, 2.45) is 5.73 Å². The summed E-state index contributed by atoms with van der Waals surface area (Å²) < 4.78 is 11.0. The maximum Gasteiger partial charge on any atom is 0.257 e. The summed E-state index contributed by atoms with van der Waals surface area (Å²) in [5, 5.41) is 0.556. The van der Waals surface area contributed by atoms with Crippen molar-refractivity contribution in [2.45, 2.75) is 25.4 Å². The Balaban J connectivity index is 1.92. The Morgan fingerprint density at radius 3 is 2.77 bits per heavy atom. The molecule has 122 valence electrons. The summed E-state index contributed by atoms with van der Waals surface area (Å²) in [6.07, 6.45) is 2.81. The Morgan fingerprint density at radius 1 is 1.41 bits per heavy atom. The van der Waals surface area contributed by atoms with Crippen LogP contribution in [0.1, 0.15) is 29.6 Å². The van der Waals surface area contributed by atoms with Crippen molar-refractivity contribution in [3.8, 4) is 5.75 Å². The first-order valence-corrected chi connectivity index (χ1v) is 7.98. The Morgan fingerprint density at radius 2 is 2.14 bits per heavy atom. The van der Waals surface area contributed by atoms with Gasteiger partial charge >= 0.3 is 0 Å². The highest BCUT2D eigenvalue weighted by Crippen LogP contribution is 2.26. The fourth-order valence-electron chi connectivity index (χ4n) is 2.57. The van der Waals surface area contributed by atoms with Crippen LogP contribution in [0.3, 0.4) is 0 Å². The summed E-state index contributed by atoms with van der Waals surface area (Å²) in [6, 6.07) is 5.09. The lowest BCUT2D eigenvalue weighted by Gasteiger charge is -2.32. The van der Waals surface area contributed by atoms with E-state index in [1.54, 1.807) is 25.3 Å². The average Bonchev–Trinajstić information content (AvgIpc) is 2.55. The summed E-state index contributed by atoms with van der Waals surface area (Å²) in [5.74, 6) is 0.493. The molecule has 2 N–H and O–H groups in total. The van der Waals surface area contributed by atoms with E-state index >= 15 is 0 Å². The SMILES string of the molecule is COc1cc(Cl)ccc1C(=O)N1CCC(OCCCN)CC1. The normalized spacial score (nSPS) is 15.9. The van der Waals surface area contributed by atoms with Crippen molar-refractivity contribution < 1.29 is 14.3 Å². The number of carbonyl (C=O) groups is 1. The number of carbonyl (C=O) groups excluding carboxylic acids is 1. The van der Waals surface area contributed by atoms with Crippen LogP contribution in [0.4, 0.5) is 0 Å². The number of likely N-dealkylation sites (tertiary alicyclic amines) is 1. The largest absolute Gasteiger partial charge is 0.496 e. The topological polar surface area (TPSA) is 64.8 Å². The number of halogens is 1. The molecule has 0 aliphatic carbocycles. The zero-order chi connectivity index (χ0) is 15.9. The number of hydrogen-bond donors (Lipinski definition) is 1. The van der Waals surface area contributed by atoms with Gasteiger partial charge in [0.25, 0.3) is 5.91 Å². The first-order valence-electron chi connectivity index (χ1n) is 7.60. The zero-order valence-electron chi connectivity index (χ0n) is 12.9. The Bertz CT molecular complexity index is 502. The van der Waals surface area contributed by atoms with Gasteiger partial charge in [-0.15, -0.1) is 0 Å². The summed E-state index contributed by atoms with van der Waals surface area (Å²) >= 11 is 5.94. The van der Waals surface area contributed by atoms with E-state index in [1.165, 1.54) is 0 Å². The maximum absolute atomic E-state index is 12.6. The number of hydrogen-bond acceptors (Lipinski definition) is 4. The van der Waals surface area contributed by atoms with Gasteiger partial charge in [-0.3, -0.25) is 4.79 Å². The molecular formula is C16H23ClN2O3. The van der Waals surface area contributed by atoms with Gasteiger partial charge in [-0.05, 0) is 44.0 Å². The number of nitrogens with zero attached hydrogens (tertiary/aromatic N) is 1. The number of amides is 1. The molecule has 0 atom stereocenters. The minimum absolute atomic E-state index is 0.0195. The summed E-state index contributed by atoms with van der Waals surface area (Å²) in [5.41, 5.74) is 6.00. The standard InChI is InChI=1S/C16H23ClN2O3/c1-21-15-11-12(17)3-4-14(15)16(20)19-8-5-13(6-9-19)22-10-2-7-18/h3-4,11,13H,2,5-10,18H2,1H3. The van der Waals surface area contributed by atoms with E-state index in [0.29, 0.717) is 42.6 Å². The summed E-state index contributed by atoms with van der Waals surface area (Å²) in [7, 11) is 1.54. The van der Waals surface area contributed by atoms with E-state index in [9.17, 15) is 4.79 Å². The number of piperidine rings is 1. The van der Waals surface area contributed by atoms with E-state index in [-0.39, 0.29) is 12.0 Å². The predicted molar refractivity (Wildman–Crippen MR) is 86.6 cm³/mol. The van der Waals surface area contributed by atoms with Crippen LogP contribution in [-0.4, -0.2) is 50.3 Å². The molecule has 0 unspecified atom stereocenters. The van der Waals surface area contributed by atoms with E-state index < -0.39 is 0 Å².